The molecule has 1 atom stereocenters. The van der Waals surface area contributed by atoms with Gasteiger partial charge in [-0.25, -0.2) is 0 Å². The molecule has 0 aliphatic carbocycles. The van der Waals surface area contributed by atoms with Gasteiger partial charge in [-0.3, -0.25) is 9.59 Å². The average molecular weight is 254 g/mol. The van der Waals surface area contributed by atoms with Crippen molar-refractivity contribution in [1.29, 1.82) is 0 Å². The van der Waals surface area contributed by atoms with E-state index in [4.69, 9.17) is 0 Å². The Morgan fingerprint density at radius 1 is 1.41 bits per heavy atom. The molecule has 2 N–H and O–H groups in total. The van der Waals surface area contributed by atoms with Gasteiger partial charge in [0.25, 0.3) is 0 Å². The zero-order valence-corrected chi connectivity index (χ0v) is 11.0. The number of hydrogen-bond acceptors (Lipinski definition) is 3. The van der Waals surface area contributed by atoms with Crippen molar-refractivity contribution in [3.8, 4) is 0 Å². The van der Waals surface area contributed by atoms with E-state index in [0.29, 0.717) is 6.42 Å². The predicted octanol–water partition coefficient (Wildman–Crippen LogP) is 1.32. The van der Waals surface area contributed by atoms with Crippen molar-refractivity contribution >= 4 is 23.2 Å². The molecule has 0 fully saturated rings. The maximum atomic E-state index is 11.5. The molecule has 1 heterocycles. The van der Waals surface area contributed by atoms with Crippen LogP contribution in [0.5, 0.6) is 0 Å². The average Bonchev–Trinajstić information content (AvgIpc) is 2.79. The fourth-order valence-electron chi connectivity index (χ4n) is 1.24. The molecular weight excluding hydrogens is 236 g/mol. The third-order valence-corrected chi connectivity index (χ3v) is 3.26. The first-order valence-electron chi connectivity index (χ1n) is 5.70. The monoisotopic (exact) mass is 254 g/mol. The Bertz CT molecular complexity index is 363. The molecular formula is C12H18N2O2S. The molecule has 1 aromatic heterocycles. The highest BCUT2D eigenvalue weighted by Gasteiger charge is 2.08. The SMILES string of the molecule is CCC(C)NC(=O)CNC(=O)Cc1cccs1. The maximum Gasteiger partial charge on any atom is 0.239 e. The van der Waals surface area contributed by atoms with Gasteiger partial charge in [0.1, 0.15) is 0 Å². The van der Waals surface area contributed by atoms with Gasteiger partial charge in [0.05, 0.1) is 13.0 Å². The molecule has 94 valence electrons. The number of amides is 2. The second kappa shape index (κ2) is 7.06. The molecule has 1 rings (SSSR count). The fraction of sp³-hybridized carbons (Fsp3) is 0.500. The number of rotatable bonds is 6. The molecule has 0 saturated heterocycles. The van der Waals surface area contributed by atoms with Crippen molar-refractivity contribution in [1.82, 2.24) is 10.6 Å². The normalized spacial score (nSPS) is 11.9. The summed E-state index contributed by atoms with van der Waals surface area (Å²) in [4.78, 5) is 23.9. The van der Waals surface area contributed by atoms with Crippen molar-refractivity contribution in [3.63, 3.8) is 0 Å². The first kappa shape index (κ1) is 13.7. The quantitative estimate of drug-likeness (QED) is 0.804. The first-order chi connectivity index (χ1) is 8.11. The molecule has 17 heavy (non-hydrogen) atoms. The van der Waals surface area contributed by atoms with Gasteiger partial charge in [-0.1, -0.05) is 13.0 Å². The lowest BCUT2D eigenvalue weighted by atomic mass is 10.2. The van der Waals surface area contributed by atoms with Crippen LogP contribution in [-0.4, -0.2) is 24.4 Å². The minimum Gasteiger partial charge on any atom is -0.352 e. The Kier molecular flexibility index (Phi) is 5.69. The van der Waals surface area contributed by atoms with Gasteiger partial charge < -0.3 is 10.6 Å². The Hall–Kier alpha value is -1.36. The lowest BCUT2D eigenvalue weighted by Crippen LogP contribution is -2.40. The van der Waals surface area contributed by atoms with Crippen LogP contribution in [0.2, 0.25) is 0 Å². The van der Waals surface area contributed by atoms with E-state index in [0.717, 1.165) is 11.3 Å². The number of hydrogen-bond donors (Lipinski definition) is 2. The summed E-state index contributed by atoms with van der Waals surface area (Å²) >= 11 is 1.54. The molecule has 0 aliphatic rings. The highest BCUT2D eigenvalue weighted by molar-refractivity contribution is 7.10. The van der Waals surface area contributed by atoms with E-state index in [1.165, 1.54) is 11.3 Å². The fourth-order valence-corrected chi connectivity index (χ4v) is 1.94. The molecule has 0 aromatic carbocycles. The van der Waals surface area contributed by atoms with Crippen LogP contribution in [0.4, 0.5) is 0 Å². The topological polar surface area (TPSA) is 58.2 Å². The van der Waals surface area contributed by atoms with Crippen LogP contribution in [0.3, 0.4) is 0 Å². The van der Waals surface area contributed by atoms with Crippen molar-refractivity contribution < 1.29 is 9.59 Å². The van der Waals surface area contributed by atoms with Gasteiger partial charge in [0.2, 0.25) is 11.8 Å². The van der Waals surface area contributed by atoms with Crippen LogP contribution in [0, 0.1) is 0 Å². The van der Waals surface area contributed by atoms with E-state index in [9.17, 15) is 9.59 Å². The summed E-state index contributed by atoms with van der Waals surface area (Å²) in [6.07, 6.45) is 1.23. The van der Waals surface area contributed by atoms with Crippen molar-refractivity contribution in [2.24, 2.45) is 0 Å². The first-order valence-corrected chi connectivity index (χ1v) is 6.58. The highest BCUT2D eigenvalue weighted by Crippen LogP contribution is 2.08. The largest absolute Gasteiger partial charge is 0.352 e. The molecule has 0 spiro atoms. The summed E-state index contributed by atoms with van der Waals surface area (Å²) in [6.45, 7) is 3.99. The van der Waals surface area contributed by atoms with Gasteiger partial charge in [0.15, 0.2) is 0 Å². The van der Waals surface area contributed by atoms with Crippen LogP contribution >= 0.6 is 11.3 Å². The van der Waals surface area contributed by atoms with E-state index >= 15 is 0 Å². The van der Waals surface area contributed by atoms with Gasteiger partial charge in [0, 0.05) is 10.9 Å². The second-order valence-electron chi connectivity index (χ2n) is 3.91. The third-order valence-electron chi connectivity index (χ3n) is 2.38. The second-order valence-corrected chi connectivity index (χ2v) is 4.94. The number of carbonyl (C=O) groups is 2. The van der Waals surface area contributed by atoms with E-state index < -0.39 is 0 Å². The number of carbonyl (C=O) groups excluding carboxylic acids is 2. The van der Waals surface area contributed by atoms with Gasteiger partial charge in [-0.05, 0) is 24.8 Å². The van der Waals surface area contributed by atoms with Crippen molar-refractivity contribution in [2.75, 3.05) is 6.54 Å². The van der Waals surface area contributed by atoms with Crippen molar-refractivity contribution in [3.05, 3.63) is 22.4 Å². The Morgan fingerprint density at radius 2 is 2.18 bits per heavy atom. The molecule has 0 aliphatic heterocycles. The van der Waals surface area contributed by atoms with Crippen LogP contribution < -0.4 is 10.6 Å². The summed E-state index contributed by atoms with van der Waals surface area (Å²) < 4.78 is 0. The number of thiophene rings is 1. The van der Waals surface area contributed by atoms with Crippen LogP contribution in [0.1, 0.15) is 25.1 Å². The molecule has 4 nitrogen and oxygen atoms in total. The Labute approximate surface area is 105 Å². The lowest BCUT2D eigenvalue weighted by molar-refractivity contribution is -0.126. The molecule has 2 amide bonds. The van der Waals surface area contributed by atoms with Crippen LogP contribution in [0.15, 0.2) is 17.5 Å². The summed E-state index contributed by atoms with van der Waals surface area (Å²) in [5.74, 6) is -0.259. The van der Waals surface area contributed by atoms with Gasteiger partial charge >= 0.3 is 0 Å². The summed E-state index contributed by atoms with van der Waals surface area (Å²) in [5.41, 5.74) is 0. The minimum absolute atomic E-state index is 0.0501. The molecule has 0 radical (unpaired) electrons. The molecule has 1 unspecified atom stereocenters. The van der Waals surface area contributed by atoms with Crippen LogP contribution in [-0.2, 0) is 16.0 Å². The molecule has 0 bridgehead atoms. The van der Waals surface area contributed by atoms with Gasteiger partial charge in [-0.2, -0.15) is 0 Å². The zero-order chi connectivity index (χ0) is 12.7. The smallest absolute Gasteiger partial charge is 0.239 e. The summed E-state index contributed by atoms with van der Waals surface area (Å²) in [5, 5.41) is 7.33. The van der Waals surface area contributed by atoms with E-state index in [1.807, 2.05) is 31.4 Å². The molecule has 5 heteroatoms. The minimum atomic E-state index is -0.140. The molecule has 1 aromatic rings. The lowest BCUT2D eigenvalue weighted by Gasteiger charge is -2.11. The Balaban J connectivity index is 2.21. The summed E-state index contributed by atoms with van der Waals surface area (Å²) in [7, 11) is 0. The third kappa shape index (κ3) is 5.49. The highest BCUT2D eigenvalue weighted by atomic mass is 32.1. The van der Waals surface area contributed by atoms with Gasteiger partial charge in [-0.15, -0.1) is 11.3 Å². The van der Waals surface area contributed by atoms with E-state index in [2.05, 4.69) is 10.6 Å². The maximum absolute atomic E-state index is 11.5. The number of nitrogens with one attached hydrogen (secondary N) is 2. The van der Waals surface area contributed by atoms with E-state index in [-0.39, 0.29) is 24.4 Å². The standard InChI is InChI=1S/C12H18N2O2S/c1-3-9(2)14-12(16)8-13-11(15)7-10-5-4-6-17-10/h4-6,9H,3,7-8H2,1-2H3,(H,13,15)(H,14,16). The zero-order valence-electron chi connectivity index (χ0n) is 10.2. The van der Waals surface area contributed by atoms with E-state index in [1.54, 1.807) is 0 Å². The predicted molar refractivity (Wildman–Crippen MR) is 68.9 cm³/mol. The van der Waals surface area contributed by atoms with Crippen LogP contribution in [0.25, 0.3) is 0 Å². The van der Waals surface area contributed by atoms with Crippen molar-refractivity contribution in [2.45, 2.75) is 32.7 Å². The molecule has 0 saturated carbocycles. The Morgan fingerprint density at radius 3 is 2.76 bits per heavy atom. The summed E-state index contributed by atoms with van der Waals surface area (Å²) in [6, 6.07) is 3.96.